The van der Waals surface area contributed by atoms with Crippen molar-refractivity contribution >= 4 is 5.97 Å². The molecule has 0 aromatic heterocycles. The summed E-state index contributed by atoms with van der Waals surface area (Å²) in [6, 6.07) is 53.7. The van der Waals surface area contributed by atoms with E-state index in [0.717, 1.165) is 112 Å². The summed E-state index contributed by atoms with van der Waals surface area (Å²) >= 11 is 0. The van der Waals surface area contributed by atoms with Gasteiger partial charge in [-0.1, -0.05) is 154 Å². The normalized spacial score (nSPS) is 15.7. The number of hydrogen-bond acceptors (Lipinski definition) is 12. The van der Waals surface area contributed by atoms with Gasteiger partial charge in [-0.3, -0.25) is 0 Å². The lowest BCUT2D eigenvalue weighted by Gasteiger charge is -2.26. The van der Waals surface area contributed by atoms with Crippen molar-refractivity contribution in [2.24, 2.45) is 23.7 Å². The minimum absolute atomic E-state index is 0.0623. The van der Waals surface area contributed by atoms with Crippen LogP contribution in [0.1, 0.15) is 149 Å². The van der Waals surface area contributed by atoms with Crippen molar-refractivity contribution in [2.75, 3.05) is 52.9 Å². The van der Waals surface area contributed by atoms with Crippen LogP contribution in [-0.2, 0) is 71.0 Å². The smallest absolute Gasteiger partial charge is 0.338 e. The Kier molecular flexibility index (Phi) is 30.2. The maximum absolute atomic E-state index is 11.6. The van der Waals surface area contributed by atoms with Gasteiger partial charge in [0.05, 0.1) is 32.0 Å². The van der Waals surface area contributed by atoms with Gasteiger partial charge in [0, 0.05) is 18.3 Å². The van der Waals surface area contributed by atoms with Crippen molar-refractivity contribution in [2.45, 2.75) is 141 Å². The summed E-state index contributed by atoms with van der Waals surface area (Å²) < 4.78 is 43.1. The number of aromatic hydroxyl groups is 3. The van der Waals surface area contributed by atoms with Crippen molar-refractivity contribution in [3.8, 4) is 46.0 Å². The first kappa shape index (κ1) is 79.6. The van der Waals surface area contributed by atoms with Crippen LogP contribution in [0.15, 0.2) is 240 Å². The first-order valence-corrected chi connectivity index (χ1v) is 38.3. The average Bonchev–Trinajstić information content (AvgIpc) is 1.47. The van der Waals surface area contributed by atoms with E-state index in [0.29, 0.717) is 82.7 Å². The van der Waals surface area contributed by atoms with Crippen molar-refractivity contribution in [1.29, 1.82) is 0 Å². The molecule has 0 bridgehead atoms. The SMILES string of the molecule is C=CCCc1c(CC2CC2)cccc1CC1CC1.C=CCOc1ccc(C(=O)OCC2CC2)cc1.C=CCOc1ccc(OCC2CO2)cc1.C=CCc1cccc(Cc2cc(CC=C)c(O)c(Cc3cccc(CC=C)c3O)c2)c1O.CC(C)(c1ccc(OCC2CC2)cc1)c1ccc(OCC2CO2)cc1. The van der Waals surface area contributed by atoms with Gasteiger partial charge >= 0.3 is 5.97 Å². The van der Waals surface area contributed by atoms with Gasteiger partial charge in [0.15, 0.2) is 0 Å². The van der Waals surface area contributed by atoms with Crippen LogP contribution in [0.25, 0.3) is 0 Å². The standard InChI is InChI=1S/C29H30O3.C22H26O3.C18H24.C14H16O3.C12H14O3/c1-4-9-21-12-7-14-24(27(21)30)17-20-16-23(11-6-3)29(32)26(18-20)19-25-15-8-13-22(10-5-2)28(25)31;1-22(2,17-5-9-19(10-6-17)23-13-16-3-4-16)18-7-11-20(12-8-18)24-14-21-15-25-21;1-2-3-7-18-16(12-14-8-9-14)5-4-6-17(18)13-15-10-11-15;1-2-9-16-13-7-5-12(6-8-13)14(15)17-10-11-3-4-11;1-2-7-13-10-3-5-11(6-4-10)14-8-12-9-15-12/h4-8,12-16,18,30-32H,1-3,9-11,17,19H2;5-12,16,21H,3-4,13-15H2,1-2H3;2,4-6,14-15H,1,3,7-13H2;2,5-8,11H,1,3-4,9-10H2;2-6,12H,1,7-9H2. The Balaban J connectivity index is 0.000000147. The van der Waals surface area contributed by atoms with E-state index < -0.39 is 0 Å². The number of phenols is 3. The van der Waals surface area contributed by atoms with Gasteiger partial charge in [0.2, 0.25) is 0 Å². The topological polar surface area (TPSA) is 158 Å². The highest BCUT2D eigenvalue weighted by molar-refractivity contribution is 5.89. The van der Waals surface area contributed by atoms with Crippen LogP contribution in [0.4, 0.5) is 0 Å². The van der Waals surface area contributed by atoms with Gasteiger partial charge in [0.25, 0.3) is 0 Å². The molecular weight excluding hydrogens is 1330 g/mol. The van der Waals surface area contributed by atoms with E-state index >= 15 is 0 Å². The summed E-state index contributed by atoms with van der Waals surface area (Å²) in [4.78, 5) is 11.6. The quantitative estimate of drug-likeness (QED) is 0.0193. The van der Waals surface area contributed by atoms with Crippen LogP contribution in [0.3, 0.4) is 0 Å². The Morgan fingerprint density at radius 1 is 0.421 bits per heavy atom. The highest BCUT2D eigenvalue weighted by atomic mass is 16.6. The fraction of sp³-hybridized carbons (Fsp3) is 0.358. The molecule has 14 rings (SSSR count). The fourth-order valence-electron chi connectivity index (χ4n) is 12.4. The molecule has 107 heavy (non-hydrogen) atoms. The van der Waals surface area contributed by atoms with Crippen molar-refractivity contribution in [3.63, 3.8) is 0 Å². The predicted octanol–water partition coefficient (Wildman–Crippen LogP) is 20.3. The third-order valence-corrected chi connectivity index (χ3v) is 19.8. The molecule has 2 unspecified atom stereocenters. The minimum Gasteiger partial charge on any atom is -0.507 e. The van der Waals surface area contributed by atoms with Crippen LogP contribution in [0.5, 0.6) is 46.0 Å². The average molecular weight is 1440 g/mol. The zero-order valence-electron chi connectivity index (χ0n) is 63.0. The van der Waals surface area contributed by atoms with Gasteiger partial charge in [-0.2, -0.15) is 0 Å². The number of carbonyl (C=O) groups is 1. The number of hydrogen-bond donors (Lipinski definition) is 3. The molecule has 2 saturated heterocycles. The summed E-state index contributed by atoms with van der Waals surface area (Å²) in [5, 5.41) is 32.3. The van der Waals surface area contributed by atoms with E-state index in [4.69, 9.17) is 37.9 Å². The van der Waals surface area contributed by atoms with E-state index in [9.17, 15) is 20.1 Å². The van der Waals surface area contributed by atoms with E-state index in [1.807, 2.05) is 84.9 Å². The highest BCUT2D eigenvalue weighted by Crippen LogP contribution is 2.40. The molecule has 0 radical (unpaired) electrons. The van der Waals surface area contributed by atoms with E-state index in [2.05, 4.69) is 114 Å². The molecule has 0 amide bonds. The van der Waals surface area contributed by atoms with Gasteiger partial charge < -0.3 is 53.2 Å². The van der Waals surface area contributed by atoms with Gasteiger partial charge in [0.1, 0.15) is 84.6 Å². The fourth-order valence-corrected chi connectivity index (χ4v) is 12.4. The number of benzene rings is 8. The summed E-state index contributed by atoms with van der Waals surface area (Å²) in [7, 11) is 0. The lowest BCUT2D eigenvalue weighted by atomic mass is 9.78. The zero-order chi connectivity index (χ0) is 75.3. The number of para-hydroxylation sites is 2. The molecule has 4 aliphatic carbocycles. The van der Waals surface area contributed by atoms with Crippen molar-refractivity contribution in [3.05, 3.63) is 312 Å². The van der Waals surface area contributed by atoms with Gasteiger partial charge in [-0.05, 0) is 260 Å². The first-order chi connectivity index (χ1) is 52.1. The Morgan fingerprint density at radius 3 is 1.22 bits per heavy atom. The maximum Gasteiger partial charge on any atom is 0.338 e. The van der Waals surface area contributed by atoms with Crippen molar-refractivity contribution < 1.29 is 58.0 Å². The van der Waals surface area contributed by atoms with Crippen molar-refractivity contribution in [1.82, 2.24) is 0 Å². The number of esters is 1. The lowest BCUT2D eigenvalue weighted by molar-refractivity contribution is 0.0486. The Morgan fingerprint density at radius 2 is 0.794 bits per heavy atom. The second-order valence-corrected chi connectivity index (χ2v) is 29.3. The molecular formula is C95H110O12. The molecule has 3 N–H and O–H groups in total. The molecule has 12 heteroatoms. The summed E-state index contributed by atoms with van der Waals surface area (Å²) in [5.41, 5.74) is 13.7. The van der Waals surface area contributed by atoms with Crippen LogP contribution in [-0.4, -0.2) is 86.4 Å². The predicted molar refractivity (Wildman–Crippen MR) is 430 cm³/mol. The van der Waals surface area contributed by atoms with Crippen LogP contribution < -0.4 is 23.7 Å². The molecule has 6 aliphatic rings. The molecule has 2 heterocycles. The summed E-state index contributed by atoms with van der Waals surface area (Å²) in [6.07, 6.45) is 29.7. The van der Waals surface area contributed by atoms with Crippen LogP contribution in [0, 0.1) is 23.7 Å². The maximum atomic E-state index is 11.6. The number of allylic oxidation sites excluding steroid dienone is 4. The largest absolute Gasteiger partial charge is 0.507 e. The molecule has 2 atom stereocenters. The minimum atomic E-state index is -0.257. The molecule has 2 aliphatic heterocycles. The summed E-state index contributed by atoms with van der Waals surface area (Å²) in [5.74, 6) is 8.09. The number of phenolic OH excluding ortho intramolecular Hbond substituents is 3. The van der Waals surface area contributed by atoms with Gasteiger partial charge in [-0.25, -0.2) is 4.79 Å². The van der Waals surface area contributed by atoms with E-state index in [-0.39, 0.29) is 34.7 Å². The van der Waals surface area contributed by atoms with E-state index in [1.54, 1.807) is 71.3 Å². The lowest BCUT2D eigenvalue weighted by Crippen LogP contribution is -2.18. The molecule has 4 saturated carbocycles. The molecule has 0 spiro atoms. The van der Waals surface area contributed by atoms with Crippen LogP contribution in [0.2, 0.25) is 0 Å². The molecule has 6 fully saturated rings. The first-order valence-electron chi connectivity index (χ1n) is 38.3. The number of epoxide rings is 2. The second kappa shape index (κ2) is 40.6. The Bertz CT molecular complexity index is 4070. The molecule has 562 valence electrons. The third kappa shape index (κ3) is 26.5. The van der Waals surface area contributed by atoms with Gasteiger partial charge in [-0.15, -0.1) is 26.3 Å². The molecule has 12 nitrogen and oxygen atoms in total. The monoisotopic (exact) mass is 1440 g/mol. The molecule has 8 aromatic rings. The Labute approximate surface area is 635 Å². The van der Waals surface area contributed by atoms with Crippen LogP contribution >= 0.6 is 0 Å². The highest BCUT2D eigenvalue weighted by Gasteiger charge is 2.29. The zero-order valence-corrected chi connectivity index (χ0v) is 63.0. The third-order valence-electron chi connectivity index (χ3n) is 19.8. The molecule has 8 aromatic carbocycles. The number of carbonyl (C=O) groups excluding carboxylic acids is 1. The summed E-state index contributed by atoms with van der Waals surface area (Å²) in [6.45, 7) is 32.2. The Hall–Kier alpha value is -10.0. The second-order valence-electron chi connectivity index (χ2n) is 29.3. The number of rotatable bonds is 37. The van der Waals surface area contributed by atoms with E-state index in [1.165, 1.54) is 81.8 Å². The number of ether oxygens (including phenoxy) is 8.